The van der Waals surface area contributed by atoms with Gasteiger partial charge in [-0.1, -0.05) is 12.1 Å². The molecule has 1 N–H and O–H groups in total. The number of anilines is 1. The fraction of sp³-hybridized carbons (Fsp3) is 0.316. The van der Waals surface area contributed by atoms with Crippen molar-refractivity contribution in [2.24, 2.45) is 0 Å². The molecule has 27 heavy (non-hydrogen) atoms. The molecule has 0 atom stereocenters. The molecule has 0 saturated heterocycles. The van der Waals surface area contributed by atoms with E-state index < -0.39 is 10.0 Å². The van der Waals surface area contributed by atoms with Gasteiger partial charge >= 0.3 is 0 Å². The van der Waals surface area contributed by atoms with Crippen LogP contribution in [0, 0.1) is 0 Å². The first-order chi connectivity index (χ1) is 12.8. The molecule has 2 aromatic carbocycles. The van der Waals surface area contributed by atoms with Gasteiger partial charge < -0.3 is 14.8 Å². The van der Waals surface area contributed by atoms with Crippen LogP contribution in [0.15, 0.2) is 48.5 Å². The number of carbonyl (C=O) groups excluding carboxylic acids is 1. The summed E-state index contributed by atoms with van der Waals surface area (Å²) >= 11 is 0. The SMILES string of the molecule is COc1ccc(N(CC(=O)NCCc2cccc(OC)c2)S(C)(=O)=O)cc1. The van der Waals surface area contributed by atoms with Crippen LogP contribution in [0.5, 0.6) is 11.5 Å². The van der Waals surface area contributed by atoms with E-state index in [1.807, 2.05) is 24.3 Å². The van der Waals surface area contributed by atoms with Crippen molar-refractivity contribution in [2.45, 2.75) is 6.42 Å². The van der Waals surface area contributed by atoms with Gasteiger partial charge in [-0.05, 0) is 48.4 Å². The molecule has 7 nitrogen and oxygen atoms in total. The second kappa shape index (κ2) is 9.27. The van der Waals surface area contributed by atoms with E-state index in [-0.39, 0.29) is 12.5 Å². The molecular formula is C19H24N2O5S. The highest BCUT2D eigenvalue weighted by Crippen LogP contribution is 2.21. The second-order valence-corrected chi connectivity index (χ2v) is 7.83. The van der Waals surface area contributed by atoms with Gasteiger partial charge in [-0.2, -0.15) is 0 Å². The number of nitrogens with zero attached hydrogens (tertiary/aromatic N) is 1. The van der Waals surface area contributed by atoms with E-state index in [1.165, 1.54) is 7.11 Å². The van der Waals surface area contributed by atoms with Crippen molar-refractivity contribution >= 4 is 21.6 Å². The molecule has 0 unspecified atom stereocenters. The molecule has 0 radical (unpaired) electrons. The topological polar surface area (TPSA) is 84.9 Å². The van der Waals surface area contributed by atoms with E-state index >= 15 is 0 Å². The quantitative estimate of drug-likeness (QED) is 0.704. The van der Waals surface area contributed by atoms with E-state index in [4.69, 9.17) is 9.47 Å². The summed E-state index contributed by atoms with van der Waals surface area (Å²) in [6, 6.07) is 14.1. The third kappa shape index (κ3) is 6.18. The lowest BCUT2D eigenvalue weighted by atomic mass is 10.1. The van der Waals surface area contributed by atoms with Gasteiger partial charge in [0.25, 0.3) is 0 Å². The number of nitrogens with one attached hydrogen (secondary N) is 1. The van der Waals surface area contributed by atoms with Gasteiger partial charge in [0, 0.05) is 6.54 Å². The Hall–Kier alpha value is -2.74. The van der Waals surface area contributed by atoms with Gasteiger partial charge in [0.1, 0.15) is 18.0 Å². The molecular weight excluding hydrogens is 368 g/mol. The van der Waals surface area contributed by atoms with E-state index in [2.05, 4.69) is 5.32 Å². The van der Waals surface area contributed by atoms with Crippen LogP contribution in [0.1, 0.15) is 5.56 Å². The molecule has 0 aliphatic rings. The number of carbonyl (C=O) groups is 1. The van der Waals surface area contributed by atoms with Crippen LogP contribution < -0.4 is 19.1 Å². The highest BCUT2D eigenvalue weighted by atomic mass is 32.2. The highest BCUT2D eigenvalue weighted by molar-refractivity contribution is 7.92. The number of ether oxygens (including phenoxy) is 2. The summed E-state index contributed by atoms with van der Waals surface area (Å²) in [6.45, 7) is 0.107. The van der Waals surface area contributed by atoms with Crippen molar-refractivity contribution in [3.8, 4) is 11.5 Å². The lowest BCUT2D eigenvalue weighted by Gasteiger charge is -2.22. The number of hydrogen-bond acceptors (Lipinski definition) is 5. The smallest absolute Gasteiger partial charge is 0.240 e. The van der Waals surface area contributed by atoms with Crippen molar-refractivity contribution in [2.75, 3.05) is 37.9 Å². The second-order valence-electron chi connectivity index (χ2n) is 5.92. The number of methoxy groups -OCH3 is 2. The largest absolute Gasteiger partial charge is 0.497 e. The molecule has 0 fully saturated rings. The number of benzene rings is 2. The van der Waals surface area contributed by atoms with Gasteiger partial charge in [-0.25, -0.2) is 8.42 Å². The molecule has 0 aliphatic heterocycles. The minimum atomic E-state index is -3.60. The van der Waals surface area contributed by atoms with Crippen molar-refractivity contribution < 1.29 is 22.7 Å². The fourth-order valence-corrected chi connectivity index (χ4v) is 3.37. The minimum absolute atomic E-state index is 0.288. The summed E-state index contributed by atoms with van der Waals surface area (Å²) in [6.07, 6.45) is 1.69. The Morgan fingerprint density at radius 1 is 1.04 bits per heavy atom. The molecule has 8 heteroatoms. The first-order valence-electron chi connectivity index (χ1n) is 8.35. The summed E-state index contributed by atoms with van der Waals surface area (Å²) in [7, 11) is -0.480. The lowest BCUT2D eigenvalue weighted by molar-refractivity contribution is -0.119. The Bertz CT molecular complexity index is 866. The van der Waals surface area contributed by atoms with Crippen LogP contribution in [-0.2, 0) is 21.2 Å². The van der Waals surface area contributed by atoms with Gasteiger partial charge in [0.2, 0.25) is 15.9 Å². The van der Waals surface area contributed by atoms with Crippen molar-refractivity contribution in [3.05, 3.63) is 54.1 Å². The maximum atomic E-state index is 12.2. The molecule has 146 valence electrons. The van der Waals surface area contributed by atoms with Crippen LogP contribution in [0.2, 0.25) is 0 Å². The van der Waals surface area contributed by atoms with Crippen LogP contribution in [0.25, 0.3) is 0 Å². The Balaban J connectivity index is 1.97. The zero-order valence-electron chi connectivity index (χ0n) is 15.6. The maximum absolute atomic E-state index is 12.2. The molecule has 0 bridgehead atoms. The average Bonchev–Trinajstić information content (AvgIpc) is 2.65. The monoisotopic (exact) mass is 392 g/mol. The number of rotatable bonds is 9. The Morgan fingerprint density at radius 2 is 1.70 bits per heavy atom. The van der Waals surface area contributed by atoms with Gasteiger partial charge in [0.05, 0.1) is 26.2 Å². The predicted molar refractivity (Wildman–Crippen MR) is 105 cm³/mol. The summed E-state index contributed by atoms with van der Waals surface area (Å²) in [5.74, 6) is 0.982. The lowest BCUT2D eigenvalue weighted by Crippen LogP contribution is -2.40. The normalized spacial score (nSPS) is 10.9. The molecule has 0 aromatic heterocycles. The Morgan fingerprint density at radius 3 is 2.30 bits per heavy atom. The molecule has 0 aliphatic carbocycles. The standard InChI is InChI=1S/C19H24N2O5S/c1-25-17-9-7-16(8-10-17)21(27(3,23)24)14-19(22)20-12-11-15-5-4-6-18(13-15)26-2/h4-10,13H,11-12,14H2,1-3H3,(H,20,22). The van der Waals surface area contributed by atoms with E-state index in [9.17, 15) is 13.2 Å². The van der Waals surface area contributed by atoms with Gasteiger partial charge in [0.15, 0.2) is 0 Å². The summed E-state index contributed by atoms with van der Waals surface area (Å²) in [5.41, 5.74) is 1.42. The molecule has 0 heterocycles. The minimum Gasteiger partial charge on any atom is -0.497 e. The summed E-state index contributed by atoms with van der Waals surface area (Å²) in [4.78, 5) is 12.2. The average molecular weight is 392 g/mol. The van der Waals surface area contributed by atoms with Crippen molar-refractivity contribution in [3.63, 3.8) is 0 Å². The maximum Gasteiger partial charge on any atom is 0.240 e. The van der Waals surface area contributed by atoms with Crippen molar-refractivity contribution in [1.29, 1.82) is 0 Å². The molecule has 2 rings (SSSR count). The number of sulfonamides is 1. The molecule has 0 spiro atoms. The third-order valence-electron chi connectivity index (χ3n) is 3.92. The van der Waals surface area contributed by atoms with Crippen LogP contribution in [0.4, 0.5) is 5.69 Å². The van der Waals surface area contributed by atoms with Gasteiger partial charge in [-0.3, -0.25) is 9.10 Å². The zero-order valence-corrected chi connectivity index (χ0v) is 16.5. The Labute approximate surface area is 160 Å². The van der Waals surface area contributed by atoms with Crippen LogP contribution >= 0.6 is 0 Å². The molecule has 1 amide bonds. The number of hydrogen-bond donors (Lipinski definition) is 1. The molecule has 0 saturated carbocycles. The Kier molecular flexibility index (Phi) is 7.06. The molecule has 2 aromatic rings. The number of amides is 1. The summed E-state index contributed by atoms with van der Waals surface area (Å²) in [5, 5.41) is 2.75. The van der Waals surface area contributed by atoms with Crippen LogP contribution in [-0.4, -0.2) is 47.9 Å². The van der Waals surface area contributed by atoms with Gasteiger partial charge in [-0.15, -0.1) is 0 Å². The third-order valence-corrected chi connectivity index (χ3v) is 5.06. The fourth-order valence-electron chi connectivity index (χ4n) is 2.51. The van der Waals surface area contributed by atoms with E-state index in [0.29, 0.717) is 24.4 Å². The summed E-state index contributed by atoms with van der Waals surface area (Å²) < 4.78 is 35.5. The first-order valence-corrected chi connectivity index (χ1v) is 10.2. The highest BCUT2D eigenvalue weighted by Gasteiger charge is 2.20. The van der Waals surface area contributed by atoms with E-state index in [1.54, 1.807) is 31.4 Å². The first kappa shape index (κ1) is 20.6. The van der Waals surface area contributed by atoms with E-state index in [0.717, 1.165) is 21.9 Å². The zero-order chi connectivity index (χ0) is 19.9. The van der Waals surface area contributed by atoms with Crippen LogP contribution in [0.3, 0.4) is 0 Å². The predicted octanol–water partition coefficient (Wildman–Crippen LogP) is 1.83. The van der Waals surface area contributed by atoms with Crippen molar-refractivity contribution in [1.82, 2.24) is 5.32 Å².